The molecule has 5 nitrogen and oxygen atoms in total. The Morgan fingerprint density at radius 1 is 1.20 bits per heavy atom. The lowest BCUT2D eigenvalue weighted by molar-refractivity contribution is 0.0607. The van der Waals surface area contributed by atoms with Crippen LogP contribution < -0.4 is 5.32 Å². The van der Waals surface area contributed by atoms with Gasteiger partial charge in [0.25, 0.3) is 5.91 Å². The second-order valence-corrected chi connectivity index (χ2v) is 7.25. The Morgan fingerprint density at radius 3 is 2.48 bits per heavy atom. The van der Waals surface area contributed by atoms with Crippen molar-refractivity contribution in [2.45, 2.75) is 31.2 Å². The summed E-state index contributed by atoms with van der Waals surface area (Å²) in [5.74, 6) is -0.543. The van der Waals surface area contributed by atoms with Crippen LogP contribution in [0.2, 0.25) is 0 Å². The van der Waals surface area contributed by atoms with Crippen molar-refractivity contribution >= 4 is 23.2 Å². The molecule has 1 aliphatic carbocycles. The maximum Gasteiger partial charge on any atom is 0.348 e. The van der Waals surface area contributed by atoms with Gasteiger partial charge in [0.05, 0.1) is 19.3 Å². The first-order chi connectivity index (χ1) is 12.1. The summed E-state index contributed by atoms with van der Waals surface area (Å²) in [6, 6.07) is 8.99. The summed E-state index contributed by atoms with van der Waals surface area (Å²) >= 11 is 1.33. The van der Waals surface area contributed by atoms with E-state index in [9.17, 15) is 14.7 Å². The predicted molar refractivity (Wildman–Crippen MR) is 96.8 cm³/mol. The third kappa shape index (κ3) is 3.60. The van der Waals surface area contributed by atoms with E-state index in [1.54, 1.807) is 12.1 Å². The van der Waals surface area contributed by atoms with Crippen molar-refractivity contribution in [1.29, 1.82) is 0 Å². The number of nitrogens with one attached hydrogen (secondary N) is 1. The van der Waals surface area contributed by atoms with Crippen LogP contribution in [-0.4, -0.2) is 36.2 Å². The van der Waals surface area contributed by atoms with E-state index in [0.29, 0.717) is 10.4 Å². The van der Waals surface area contributed by atoms with E-state index < -0.39 is 5.54 Å². The van der Waals surface area contributed by atoms with Gasteiger partial charge in [-0.2, -0.15) is 0 Å². The zero-order chi connectivity index (χ0) is 17.9. The molecule has 0 bridgehead atoms. The fraction of sp³-hybridized carbons (Fsp3) is 0.368. The first kappa shape index (κ1) is 17.6. The standard InChI is InChI=1S/C19H21NO4S/c1-24-18(23)16-15(8-11-25-16)13-4-6-14(7-5-13)17(22)20-19(12-21)9-2-3-10-19/h4-8,11,21H,2-3,9-10,12H2,1H3,(H,20,22). The van der Waals surface area contributed by atoms with E-state index in [2.05, 4.69) is 5.32 Å². The van der Waals surface area contributed by atoms with Crippen LogP contribution in [0.5, 0.6) is 0 Å². The Hall–Kier alpha value is -2.18. The number of aliphatic hydroxyl groups excluding tert-OH is 1. The molecule has 6 heteroatoms. The van der Waals surface area contributed by atoms with Crippen LogP contribution in [0.25, 0.3) is 11.1 Å². The number of hydrogen-bond acceptors (Lipinski definition) is 5. The lowest BCUT2D eigenvalue weighted by Crippen LogP contribution is -2.49. The zero-order valence-corrected chi connectivity index (χ0v) is 14.9. The third-order valence-corrected chi connectivity index (χ3v) is 5.63. The number of ether oxygens (including phenoxy) is 1. The van der Waals surface area contributed by atoms with Crippen LogP contribution in [0.3, 0.4) is 0 Å². The van der Waals surface area contributed by atoms with Gasteiger partial charge in [-0.25, -0.2) is 4.79 Å². The summed E-state index contributed by atoms with van der Waals surface area (Å²) in [5, 5.41) is 14.5. The van der Waals surface area contributed by atoms with Crippen molar-refractivity contribution in [3.63, 3.8) is 0 Å². The molecule has 1 aromatic carbocycles. The molecule has 1 amide bonds. The van der Waals surface area contributed by atoms with E-state index in [1.165, 1.54) is 18.4 Å². The second kappa shape index (κ2) is 7.37. The average molecular weight is 359 g/mol. The van der Waals surface area contributed by atoms with Crippen LogP contribution >= 0.6 is 11.3 Å². The molecule has 0 spiro atoms. The van der Waals surface area contributed by atoms with Gasteiger partial charge >= 0.3 is 5.97 Å². The van der Waals surface area contributed by atoms with Gasteiger partial charge < -0.3 is 15.2 Å². The van der Waals surface area contributed by atoms with Gasteiger partial charge in [0, 0.05) is 11.1 Å². The zero-order valence-electron chi connectivity index (χ0n) is 14.1. The number of carbonyl (C=O) groups is 2. The molecule has 1 fully saturated rings. The summed E-state index contributed by atoms with van der Waals surface area (Å²) in [6.07, 6.45) is 3.66. The summed E-state index contributed by atoms with van der Waals surface area (Å²) in [6.45, 7) is -0.0335. The normalized spacial score (nSPS) is 15.8. The summed E-state index contributed by atoms with van der Waals surface area (Å²) in [7, 11) is 1.36. The van der Waals surface area contributed by atoms with Gasteiger partial charge in [0.2, 0.25) is 0 Å². The smallest absolute Gasteiger partial charge is 0.348 e. The molecule has 1 saturated carbocycles. The van der Waals surface area contributed by atoms with Crippen molar-refractivity contribution in [3.8, 4) is 11.1 Å². The van der Waals surface area contributed by atoms with E-state index >= 15 is 0 Å². The van der Waals surface area contributed by atoms with Crippen molar-refractivity contribution in [2.24, 2.45) is 0 Å². The number of rotatable bonds is 5. The molecule has 0 atom stereocenters. The van der Waals surface area contributed by atoms with Crippen LogP contribution in [-0.2, 0) is 4.74 Å². The Morgan fingerprint density at radius 2 is 1.88 bits per heavy atom. The number of thiophene rings is 1. The van der Waals surface area contributed by atoms with Crippen LogP contribution in [0.1, 0.15) is 45.7 Å². The second-order valence-electron chi connectivity index (χ2n) is 6.33. The number of aliphatic hydroxyl groups is 1. The summed E-state index contributed by atoms with van der Waals surface area (Å²) in [4.78, 5) is 24.8. The Kier molecular flexibility index (Phi) is 5.20. The number of hydrogen-bond donors (Lipinski definition) is 2. The van der Waals surface area contributed by atoms with Gasteiger partial charge in [-0.15, -0.1) is 11.3 Å². The fourth-order valence-electron chi connectivity index (χ4n) is 3.28. The van der Waals surface area contributed by atoms with Gasteiger partial charge in [-0.05, 0) is 42.0 Å². The molecule has 132 valence electrons. The molecule has 25 heavy (non-hydrogen) atoms. The third-order valence-electron chi connectivity index (χ3n) is 4.74. The highest BCUT2D eigenvalue weighted by molar-refractivity contribution is 7.12. The highest BCUT2D eigenvalue weighted by atomic mass is 32.1. The maximum atomic E-state index is 12.5. The molecule has 1 heterocycles. The summed E-state index contributed by atoms with van der Waals surface area (Å²) < 4.78 is 4.80. The van der Waals surface area contributed by atoms with Gasteiger partial charge in [0.15, 0.2) is 0 Å². The Balaban J connectivity index is 1.77. The first-order valence-corrected chi connectivity index (χ1v) is 9.16. The minimum absolute atomic E-state index is 0.0335. The first-order valence-electron chi connectivity index (χ1n) is 8.28. The molecular weight excluding hydrogens is 338 g/mol. The number of carbonyl (C=O) groups excluding carboxylic acids is 2. The van der Waals surface area contributed by atoms with Crippen molar-refractivity contribution in [1.82, 2.24) is 5.32 Å². The van der Waals surface area contributed by atoms with E-state index in [1.807, 2.05) is 23.6 Å². The molecule has 2 N–H and O–H groups in total. The van der Waals surface area contributed by atoms with Crippen LogP contribution in [0, 0.1) is 0 Å². The van der Waals surface area contributed by atoms with E-state index in [-0.39, 0.29) is 18.5 Å². The average Bonchev–Trinajstić information content (AvgIpc) is 3.31. The van der Waals surface area contributed by atoms with Crippen molar-refractivity contribution in [2.75, 3.05) is 13.7 Å². The van der Waals surface area contributed by atoms with E-state index in [0.717, 1.165) is 36.8 Å². The highest BCUT2D eigenvalue weighted by Gasteiger charge is 2.34. The minimum Gasteiger partial charge on any atom is -0.465 e. The largest absolute Gasteiger partial charge is 0.465 e. The molecule has 2 aromatic rings. The van der Waals surface area contributed by atoms with Gasteiger partial charge in [-0.1, -0.05) is 25.0 Å². The van der Waals surface area contributed by atoms with Crippen molar-refractivity contribution in [3.05, 3.63) is 46.2 Å². The molecule has 0 aliphatic heterocycles. The fourth-order valence-corrected chi connectivity index (χ4v) is 4.11. The topological polar surface area (TPSA) is 75.6 Å². The molecule has 0 unspecified atom stereocenters. The number of esters is 1. The highest BCUT2D eigenvalue weighted by Crippen LogP contribution is 2.31. The van der Waals surface area contributed by atoms with Crippen molar-refractivity contribution < 1.29 is 19.4 Å². The lowest BCUT2D eigenvalue weighted by Gasteiger charge is -2.28. The number of benzene rings is 1. The molecule has 1 aromatic heterocycles. The summed E-state index contributed by atoms with van der Waals surface area (Å²) in [5.41, 5.74) is 1.71. The Bertz CT molecular complexity index is 760. The van der Waals surface area contributed by atoms with E-state index in [4.69, 9.17) is 4.74 Å². The molecule has 1 aliphatic rings. The number of amides is 1. The van der Waals surface area contributed by atoms with Crippen LogP contribution in [0.4, 0.5) is 0 Å². The van der Waals surface area contributed by atoms with Crippen LogP contribution in [0.15, 0.2) is 35.7 Å². The predicted octanol–water partition coefficient (Wildman–Crippen LogP) is 3.24. The molecule has 0 radical (unpaired) electrons. The molecule has 3 rings (SSSR count). The minimum atomic E-state index is -0.485. The maximum absolute atomic E-state index is 12.5. The Labute approximate surface area is 150 Å². The molecule has 0 saturated heterocycles. The van der Waals surface area contributed by atoms with Gasteiger partial charge in [-0.3, -0.25) is 4.79 Å². The lowest BCUT2D eigenvalue weighted by atomic mass is 9.97. The quantitative estimate of drug-likeness (QED) is 0.804. The molecular formula is C19H21NO4S. The SMILES string of the molecule is COC(=O)c1sccc1-c1ccc(C(=O)NC2(CO)CCCC2)cc1. The van der Waals surface area contributed by atoms with Gasteiger partial charge in [0.1, 0.15) is 4.88 Å². The monoisotopic (exact) mass is 359 g/mol. The number of methoxy groups -OCH3 is 1.